The number of anilines is 1. The van der Waals surface area contributed by atoms with E-state index in [9.17, 15) is 19.2 Å². The molecule has 1 unspecified atom stereocenters. The molecule has 0 aliphatic carbocycles. The molecule has 3 aromatic rings. The summed E-state index contributed by atoms with van der Waals surface area (Å²) in [5, 5.41) is 10.1. The van der Waals surface area contributed by atoms with E-state index in [0.717, 1.165) is 22.5 Å². The van der Waals surface area contributed by atoms with Crippen molar-refractivity contribution >= 4 is 69.2 Å². The Morgan fingerprint density at radius 3 is 2.36 bits per heavy atom. The molecule has 5 rings (SSSR count). The number of fused-ring (bicyclic) bond motifs is 1. The van der Waals surface area contributed by atoms with Crippen LogP contribution in [-0.2, 0) is 33.5 Å². The van der Waals surface area contributed by atoms with Crippen LogP contribution in [-0.4, -0.2) is 83.2 Å². The third-order valence-corrected chi connectivity index (χ3v) is 9.13. The zero-order valence-electron chi connectivity index (χ0n) is 24.1. The highest BCUT2D eigenvalue weighted by Crippen LogP contribution is 2.41. The van der Waals surface area contributed by atoms with Crippen LogP contribution in [0, 0.1) is 0 Å². The number of methoxy groups -OCH3 is 1. The van der Waals surface area contributed by atoms with E-state index in [-0.39, 0.29) is 34.7 Å². The number of nitrogens with one attached hydrogen (secondary N) is 2. The Balaban J connectivity index is 1.36. The van der Waals surface area contributed by atoms with E-state index < -0.39 is 41.2 Å². The molecule has 2 aliphatic rings. The largest absolute Gasteiger partial charge is 0.448 e. The number of carbonyl (C=O) groups excluding carboxylic acids is 4. The van der Waals surface area contributed by atoms with Crippen molar-refractivity contribution in [1.29, 1.82) is 0 Å². The highest BCUT2D eigenvalue weighted by atomic mass is 35.5. The van der Waals surface area contributed by atoms with Crippen LogP contribution >= 0.6 is 34.7 Å². The zero-order chi connectivity index (χ0) is 31.9. The fourth-order valence-electron chi connectivity index (χ4n) is 4.80. The number of ether oxygens (including phenoxy) is 2. The average Bonchev–Trinajstić information content (AvgIpc) is 3.53. The predicted molar refractivity (Wildman–Crippen MR) is 170 cm³/mol. The van der Waals surface area contributed by atoms with E-state index in [1.54, 1.807) is 0 Å². The number of hydrogen-bond donors (Lipinski definition) is 2. The summed E-state index contributed by atoms with van der Waals surface area (Å²) in [5.74, 6) is -2.25. The van der Waals surface area contributed by atoms with Crippen LogP contribution in [0.4, 0.5) is 5.13 Å². The number of thioether (sulfide) groups is 1. The maximum atomic E-state index is 13.9. The second kappa shape index (κ2) is 14.7. The molecular weight excluding hydrogens is 642 g/mol. The minimum absolute atomic E-state index is 0.0953. The summed E-state index contributed by atoms with van der Waals surface area (Å²) in [6.45, 7) is 0.114. The van der Waals surface area contributed by atoms with Gasteiger partial charge in [0.15, 0.2) is 16.9 Å². The van der Waals surface area contributed by atoms with Crippen LogP contribution in [0.25, 0.3) is 0 Å². The molecule has 3 amide bonds. The summed E-state index contributed by atoms with van der Waals surface area (Å²) >= 11 is 7.99. The molecule has 0 bridgehead atoms. The van der Waals surface area contributed by atoms with Crippen LogP contribution in [0.2, 0.25) is 0 Å². The van der Waals surface area contributed by atoms with Crippen LogP contribution in [0.15, 0.2) is 82.5 Å². The Labute approximate surface area is 271 Å². The molecule has 12 nitrogen and oxygen atoms in total. The molecule has 15 heteroatoms. The normalized spacial score (nSPS) is 17.8. The van der Waals surface area contributed by atoms with Gasteiger partial charge in [-0.1, -0.05) is 65.8 Å². The minimum atomic E-state index is -0.968. The average molecular weight is 670 g/mol. The van der Waals surface area contributed by atoms with Crippen molar-refractivity contribution in [3.05, 3.63) is 94.1 Å². The summed E-state index contributed by atoms with van der Waals surface area (Å²) in [4.78, 5) is 62.8. The second-order valence-electron chi connectivity index (χ2n) is 9.70. The van der Waals surface area contributed by atoms with Crippen LogP contribution < -0.4 is 10.6 Å². The molecule has 45 heavy (non-hydrogen) atoms. The Kier molecular flexibility index (Phi) is 10.5. The number of amides is 3. The summed E-state index contributed by atoms with van der Waals surface area (Å²) in [6, 6.07) is 17.7. The number of hydrogen-bond acceptors (Lipinski definition) is 11. The van der Waals surface area contributed by atoms with Gasteiger partial charge in [-0.3, -0.25) is 19.3 Å². The lowest BCUT2D eigenvalue weighted by Crippen LogP contribution is -2.71. The van der Waals surface area contributed by atoms with E-state index in [1.807, 2.05) is 60.7 Å². The number of carbonyl (C=O) groups is 4. The third-order valence-electron chi connectivity index (χ3n) is 6.79. The first kappa shape index (κ1) is 32.2. The van der Waals surface area contributed by atoms with Gasteiger partial charge in [-0.15, -0.1) is 34.7 Å². The smallest absolute Gasteiger partial charge is 0.356 e. The number of thiazole rings is 1. The molecule has 2 aromatic carbocycles. The van der Waals surface area contributed by atoms with Crippen LogP contribution in [0.3, 0.4) is 0 Å². The number of β-lactam (4-membered cyclic amide) rings is 1. The molecular formula is C30H28ClN5O7S2. The molecule has 234 valence electrons. The van der Waals surface area contributed by atoms with E-state index in [0.29, 0.717) is 11.3 Å². The number of esters is 1. The summed E-state index contributed by atoms with van der Waals surface area (Å²) in [5.41, 5.74) is 2.16. The van der Waals surface area contributed by atoms with E-state index in [1.165, 1.54) is 36.3 Å². The molecule has 3 heterocycles. The van der Waals surface area contributed by atoms with Gasteiger partial charge in [-0.05, 0) is 16.7 Å². The lowest BCUT2D eigenvalue weighted by molar-refractivity contribution is -0.154. The third kappa shape index (κ3) is 7.04. The molecule has 1 saturated heterocycles. The van der Waals surface area contributed by atoms with Gasteiger partial charge in [-0.2, -0.15) is 0 Å². The van der Waals surface area contributed by atoms with E-state index in [4.69, 9.17) is 25.9 Å². The molecule has 1 fully saturated rings. The zero-order valence-corrected chi connectivity index (χ0v) is 26.5. The van der Waals surface area contributed by atoms with Crippen LogP contribution in [0.5, 0.6) is 0 Å². The van der Waals surface area contributed by atoms with Gasteiger partial charge in [0.25, 0.3) is 11.8 Å². The van der Waals surface area contributed by atoms with Gasteiger partial charge >= 0.3 is 5.97 Å². The number of oxime groups is 1. The first-order valence-electron chi connectivity index (χ1n) is 13.6. The van der Waals surface area contributed by atoms with Crippen molar-refractivity contribution in [2.24, 2.45) is 5.16 Å². The fourth-order valence-corrected chi connectivity index (χ4v) is 6.91. The monoisotopic (exact) mass is 669 g/mol. The highest BCUT2D eigenvalue weighted by molar-refractivity contribution is 8.00. The van der Waals surface area contributed by atoms with Crippen molar-refractivity contribution in [2.45, 2.75) is 17.5 Å². The van der Waals surface area contributed by atoms with Crippen molar-refractivity contribution in [2.75, 3.05) is 37.8 Å². The van der Waals surface area contributed by atoms with E-state index >= 15 is 0 Å². The number of benzene rings is 2. The number of rotatable bonds is 12. The van der Waals surface area contributed by atoms with E-state index in [2.05, 4.69) is 20.8 Å². The number of alkyl halides is 1. The second-order valence-corrected chi connectivity index (χ2v) is 11.9. The number of aromatic nitrogens is 1. The summed E-state index contributed by atoms with van der Waals surface area (Å²) < 4.78 is 11.5. The number of nitrogens with zero attached hydrogens (tertiary/aromatic N) is 3. The van der Waals surface area contributed by atoms with Gasteiger partial charge in [0.1, 0.15) is 35.8 Å². The Bertz CT molecular complexity index is 1590. The topological polar surface area (TPSA) is 149 Å². The van der Waals surface area contributed by atoms with Crippen molar-refractivity contribution in [1.82, 2.24) is 15.2 Å². The van der Waals surface area contributed by atoms with Crippen molar-refractivity contribution in [3.8, 4) is 0 Å². The molecule has 2 N–H and O–H groups in total. The summed E-state index contributed by atoms with van der Waals surface area (Å²) in [6.07, 6.45) is -0.721. The van der Waals surface area contributed by atoms with Crippen LogP contribution in [0.1, 0.15) is 22.9 Å². The number of halogens is 1. The Hall–Kier alpha value is -4.24. The lowest BCUT2D eigenvalue weighted by Gasteiger charge is -2.49. The van der Waals surface area contributed by atoms with Crippen molar-refractivity contribution in [3.63, 3.8) is 0 Å². The highest BCUT2D eigenvalue weighted by Gasteiger charge is 2.55. The quantitative estimate of drug-likeness (QED) is 0.0974. The lowest BCUT2D eigenvalue weighted by atomic mass is 10.0. The standard InChI is InChI=1S/C30H28ClN5O7S2/c1-41-14-19-15-44-28-23(34-26(38)22(35-42-2)20-16-45-30(32-20)33-21(37)13-31)27(39)36(28)24(19)29(40)43-25(17-9-5-3-6-10-17)18-11-7-4-8-12-18/h3-12,16,23,25,28H,13-15H2,1-2H3,(H,34,38)(H,32,33,37)/t23?,28-/m1/s1. The van der Waals surface area contributed by atoms with Gasteiger partial charge in [0.2, 0.25) is 5.91 Å². The maximum Gasteiger partial charge on any atom is 0.356 e. The molecule has 2 atom stereocenters. The summed E-state index contributed by atoms with van der Waals surface area (Å²) in [7, 11) is 2.77. The van der Waals surface area contributed by atoms with Gasteiger partial charge < -0.3 is 24.9 Å². The Morgan fingerprint density at radius 2 is 1.76 bits per heavy atom. The minimum Gasteiger partial charge on any atom is -0.448 e. The molecule has 0 spiro atoms. The fraction of sp³-hybridized carbons (Fsp3) is 0.267. The molecule has 2 aliphatic heterocycles. The molecule has 1 aromatic heterocycles. The van der Waals surface area contributed by atoms with Gasteiger partial charge in [0, 0.05) is 18.2 Å². The van der Waals surface area contributed by atoms with Gasteiger partial charge in [-0.25, -0.2) is 9.78 Å². The first-order chi connectivity index (χ1) is 21.9. The Morgan fingerprint density at radius 1 is 1.09 bits per heavy atom. The SMILES string of the molecule is COCC1=C(C(=O)OC(c2ccccc2)c2ccccc2)N2C(=O)C(NC(=O)C(=NOC)c3csc(NC(=O)CCl)n3)[C@H]2SC1. The molecule has 0 radical (unpaired) electrons. The van der Waals surface area contributed by atoms with Gasteiger partial charge in [0.05, 0.1) is 6.61 Å². The molecule has 0 saturated carbocycles. The van der Waals surface area contributed by atoms with Crippen molar-refractivity contribution < 1.29 is 33.5 Å². The first-order valence-corrected chi connectivity index (χ1v) is 16.0. The maximum absolute atomic E-state index is 13.9. The predicted octanol–water partition coefficient (Wildman–Crippen LogP) is 3.30.